The summed E-state index contributed by atoms with van der Waals surface area (Å²) in [4.78, 5) is 32.1. The first kappa shape index (κ1) is 24.2. The van der Waals surface area contributed by atoms with Crippen molar-refractivity contribution in [3.63, 3.8) is 0 Å². The Hall–Kier alpha value is -1.85. The van der Waals surface area contributed by atoms with E-state index in [1.807, 2.05) is 6.92 Å². The van der Waals surface area contributed by atoms with Crippen molar-refractivity contribution in [1.82, 2.24) is 9.97 Å². The first-order valence-electron chi connectivity index (χ1n) is 11.3. The topological polar surface area (TPSA) is 92.1 Å². The number of aryl methyl sites for hydroxylation is 1. The Bertz CT molecular complexity index is 600. The van der Waals surface area contributed by atoms with Gasteiger partial charge in [0.05, 0.1) is 0 Å². The zero-order valence-electron chi connectivity index (χ0n) is 18.0. The monoisotopic (exact) mass is 392 g/mol. The lowest BCUT2D eigenvalue weighted by Crippen LogP contribution is -2.38. The van der Waals surface area contributed by atoms with Gasteiger partial charge >= 0.3 is 6.03 Å². The predicted molar refractivity (Wildman–Crippen MR) is 117 cm³/mol. The number of anilines is 1. The van der Waals surface area contributed by atoms with Gasteiger partial charge in [0.15, 0.2) is 0 Å². The minimum atomic E-state index is -0.580. The minimum Gasteiger partial charge on any atom is -0.351 e. The van der Waals surface area contributed by atoms with E-state index in [9.17, 15) is 9.59 Å². The van der Waals surface area contributed by atoms with Crippen molar-refractivity contribution < 1.29 is 4.79 Å². The van der Waals surface area contributed by atoms with Gasteiger partial charge in [-0.05, 0) is 19.3 Å². The molecule has 1 heterocycles. The molecular formula is C22H40N4O2. The quantitative estimate of drug-likeness (QED) is 0.373. The SMILES string of the molecule is CCCCCCCCCCCCCc1cc(=O)[nH]c(N(CCCC)C(N)=O)n1. The molecule has 6 nitrogen and oxygen atoms in total. The van der Waals surface area contributed by atoms with Gasteiger partial charge in [-0.1, -0.05) is 84.5 Å². The lowest BCUT2D eigenvalue weighted by atomic mass is 10.0. The Labute approximate surface area is 170 Å². The van der Waals surface area contributed by atoms with Crippen molar-refractivity contribution in [2.75, 3.05) is 11.4 Å². The highest BCUT2D eigenvalue weighted by atomic mass is 16.2. The molecule has 0 aliphatic carbocycles. The standard InChI is InChI=1S/C22H40N4O2/c1-3-5-7-8-9-10-11-12-13-14-15-16-19-18-20(27)25-22(24-19)26(21(23)28)17-6-4-2/h18H,3-17H2,1-2H3,(H2,23,28)(H,24,25,27). The number of hydrogen-bond donors (Lipinski definition) is 2. The molecule has 1 aromatic rings. The van der Waals surface area contributed by atoms with Crippen LogP contribution in [-0.4, -0.2) is 22.5 Å². The number of unbranched alkanes of at least 4 members (excludes halogenated alkanes) is 11. The van der Waals surface area contributed by atoms with Crippen LogP contribution in [0, 0.1) is 0 Å². The van der Waals surface area contributed by atoms with E-state index in [1.165, 1.54) is 68.8 Å². The molecule has 1 aromatic heterocycles. The van der Waals surface area contributed by atoms with E-state index in [-0.39, 0.29) is 11.5 Å². The molecule has 160 valence electrons. The summed E-state index contributed by atoms with van der Waals surface area (Å²) in [5, 5.41) is 0. The van der Waals surface area contributed by atoms with Gasteiger partial charge in [0.1, 0.15) is 0 Å². The predicted octanol–water partition coefficient (Wildman–Crippen LogP) is 5.31. The first-order chi connectivity index (χ1) is 13.6. The van der Waals surface area contributed by atoms with Crippen LogP contribution < -0.4 is 16.2 Å². The first-order valence-corrected chi connectivity index (χ1v) is 11.3. The average Bonchev–Trinajstić information content (AvgIpc) is 2.66. The van der Waals surface area contributed by atoms with Crippen molar-refractivity contribution in [2.24, 2.45) is 5.73 Å². The summed E-state index contributed by atoms with van der Waals surface area (Å²) in [7, 11) is 0. The molecule has 0 unspecified atom stereocenters. The number of carbonyl (C=O) groups is 1. The van der Waals surface area contributed by atoms with E-state index in [0.717, 1.165) is 37.8 Å². The highest BCUT2D eigenvalue weighted by Crippen LogP contribution is 2.13. The van der Waals surface area contributed by atoms with Crippen molar-refractivity contribution >= 4 is 12.0 Å². The normalized spacial score (nSPS) is 10.9. The molecule has 0 saturated carbocycles. The summed E-state index contributed by atoms with van der Waals surface area (Å²) >= 11 is 0. The lowest BCUT2D eigenvalue weighted by molar-refractivity contribution is 0.253. The number of amides is 2. The van der Waals surface area contributed by atoms with Crippen molar-refractivity contribution in [2.45, 2.75) is 104 Å². The van der Waals surface area contributed by atoms with Crippen LogP contribution in [0.1, 0.15) is 103 Å². The summed E-state index contributed by atoms with van der Waals surface area (Å²) in [5.41, 5.74) is 5.95. The second-order valence-electron chi connectivity index (χ2n) is 7.69. The Morgan fingerprint density at radius 2 is 1.46 bits per heavy atom. The number of nitrogens with two attached hydrogens (primary N) is 1. The largest absolute Gasteiger partial charge is 0.351 e. The third-order valence-electron chi connectivity index (χ3n) is 5.08. The maximum absolute atomic E-state index is 11.9. The third-order valence-corrected chi connectivity index (χ3v) is 5.08. The molecule has 0 fully saturated rings. The highest BCUT2D eigenvalue weighted by molar-refractivity contribution is 5.88. The Morgan fingerprint density at radius 3 is 2.00 bits per heavy atom. The van der Waals surface area contributed by atoms with E-state index in [0.29, 0.717) is 6.54 Å². The second kappa shape index (κ2) is 15.1. The number of hydrogen-bond acceptors (Lipinski definition) is 3. The highest BCUT2D eigenvalue weighted by Gasteiger charge is 2.15. The number of aromatic nitrogens is 2. The Balaban J connectivity index is 2.32. The van der Waals surface area contributed by atoms with Crippen LogP contribution in [0.4, 0.5) is 10.7 Å². The van der Waals surface area contributed by atoms with Gasteiger partial charge in [-0.25, -0.2) is 9.78 Å². The Kier molecular flexibility index (Phi) is 13.1. The molecule has 2 amide bonds. The molecule has 0 bridgehead atoms. The summed E-state index contributed by atoms with van der Waals surface area (Å²) in [6.07, 6.45) is 16.7. The van der Waals surface area contributed by atoms with Crippen LogP contribution in [-0.2, 0) is 6.42 Å². The number of carbonyl (C=O) groups excluding carboxylic acids is 1. The second-order valence-corrected chi connectivity index (χ2v) is 7.69. The molecule has 0 spiro atoms. The Morgan fingerprint density at radius 1 is 0.929 bits per heavy atom. The summed E-state index contributed by atoms with van der Waals surface area (Å²) in [6, 6.07) is 0.946. The average molecular weight is 393 g/mol. The van der Waals surface area contributed by atoms with Gasteiger partial charge in [0, 0.05) is 18.3 Å². The molecule has 3 N–H and O–H groups in total. The summed E-state index contributed by atoms with van der Waals surface area (Å²) < 4.78 is 0. The van der Waals surface area contributed by atoms with E-state index in [1.54, 1.807) is 0 Å². The van der Waals surface area contributed by atoms with E-state index in [4.69, 9.17) is 5.73 Å². The van der Waals surface area contributed by atoms with Crippen LogP contribution in [0.2, 0.25) is 0 Å². The number of rotatable bonds is 16. The number of H-pyrrole nitrogens is 1. The molecule has 0 atom stereocenters. The van der Waals surface area contributed by atoms with Crippen LogP contribution in [0.5, 0.6) is 0 Å². The molecule has 0 aliphatic heterocycles. The molecule has 6 heteroatoms. The summed E-state index contributed by atoms with van der Waals surface area (Å²) in [5.74, 6) is 0.270. The van der Waals surface area contributed by atoms with Crippen molar-refractivity contribution in [3.8, 4) is 0 Å². The van der Waals surface area contributed by atoms with Gasteiger partial charge < -0.3 is 5.73 Å². The fourth-order valence-corrected chi connectivity index (χ4v) is 3.36. The fraction of sp³-hybridized carbons (Fsp3) is 0.773. The van der Waals surface area contributed by atoms with Crippen LogP contribution in [0.15, 0.2) is 10.9 Å². The summed E-state index contributed by atoms with van der Waals surface area (Å²) in [6.45, 7) is 4.76. The lowest BCUT2D eigenvalue weighted by Gasteiger charge is -2.18. The number of aromatic amines is 1. The maximum Gasteiger partial charge on any atom is 0.321 e. The van der Waals surface area contributed by atoms with E-state index < -0.39 is 6.03 Å². The zero-order chi connectivity index (χ0) is 20.6. The number of urea groups is 1. The number of nitrogens with zero attached hydrogens (tertiary/aromatic N) is 2. The van der Waals surface area contributed by atoms with Gasteiger partial charge in [0.25, 0.3) is 5.56 Å². The fourth-order valence-electron chi connectivity index (χ4n) is 3.36. The van der Waals surface area contributed by atoms with E-state index >= 15 is 0 Å². The van der Waals surface area contributed by atoms with E-state index in [2.05, 4.69) is 16.9 Å². The van der Waals surface area contributed by atoms with Gasteiger partial charge in [-0.3, -0.25) is 14.7 Å². The minimum absolute atomic E-state index is 0.231. The molecule has 0 radical (unpaired) electrons. The van der Waals surface area contributed by atoms with Crippen molar-refractivity contribution in [1.29, 1.82) is 0 Å². The number of nitrogens with one attached hydrogen (secondary N) is 1. The molecular weight excluding hydrogens is 352 g/mol. The molecule has 0 saturated heterocycles. The van der Waals surface area contributed by atoms with Gasteiger partial charge in [-0.15, -0.1) is 0 Å². The van der Waals surface area contributed by atoms with Crippen LogP contribution in [0.3, 0.4) is 0 Å². The van der Waals surface area contributed by atoms with Gasteiger partial charge in [0.2, 0.25) is 5.95 Å². The molecule has 0 aromatic carbocycles. The van der Waals surface area contributed by atoms with Gasteiger partial charge in [-0.2, -0.15) is 0 Å². The molecule has 28 heavy (non-hydrogen) atoms. The molecule has 0 aliphatic rings. The molecule has 1 rings (SSSR count). The zero-order valence-corrected chi connectivity index (χ0v) is 18.0. The third kappa shape index (κ3) is 10.5. The van der Waals surface area contributed by atoms with Crippen LogP contribution >= 0.6 is 0 Å². The van der Waals surface area contributed by atoms with Crippen LogP contribution in [0.25, 0.3) is 0 Å². The number of primary amides is 1. The van der Waals surface area contributed by atoms with Crippen molar-refractivity contribution in [3.05, 3.63) is 22.1 Å². The maximum atomic E-state index is 11.9. The smallest absolute Gasteiger partial charge is 0.321 e.